The SMILES string of the molecule is CCOC(=O)C1(CBr)CCCCCCC1=O. The van der Waals surface area contributed by atoms with Crippen LogP contribution in [0.25, 0.3) is 0 Å². The number of halogens is 1. The number of carbonyl (C=O) groups is 2. The second-order valence-electron chi connectivity index (χ2n) is 4.27. The maximum absolute atomic E-state index is 12.1. The number of Topliss-reactive ketones (excluding diaryl/α,β-unsaturated/α-hetero) is 1. The van der Waals surface area contributed by atoms with E-state index in [9.17, 15) is 9.59 Å². The summed E-state index contributed by atoms with van der Waals surface area (Å²) in [5.41, 5.74) is -0.920. The number of alkyl halides is 1. The molecule has 0 aliphatic heterocycles. The van der Waals surface area contributed by atoms with Crippen molar-refractivity contribution < 1.29 is 14.3 Å². The average Bonchev–Trinajstić information content (AvgIpc) is 2.25. The number of hydrogen-bond acceptors (Lipinski definition) is 3. The first-order valence-electron chi connectivity index (χ1n) is 5.94. The Morgan fingerprint density at radius 2 is 2.06 bits per heavy atom. The molecule has 1 unspecified atom stereocenters. The average molecular weight is 291 g/mol. The summed E-state index contributed by atoms with van der Waals surface area (Å²) in [6, 6.07) is 0. The van der Waals surface area contributed by atoms with Crippen LogP contribution in [0.3, 0.4) is 0 Å². The summed E-state index contributed by atoms with van der Waals surface area (Å²) >= 11 is 3.32. The minimum atomic E-state index is -0.920. The van der Waals surface area contributed by atoms with Gasteiger partial charge in [0.2, 0.25) is 0 Å². The molecule has 0 amide bonds. The van der Waals surface area contributed by atoms with Gasteiger partial charge in [-0.15, -0.1) is 0 Å². The van der Waals surface area contributed by atoms with Crippen molar-refractivity contribution in [3.05, 3.63) is 0 Å². The van der Waals surface area contributed by atoms with E-state index in [-0.39, 0.29) is 11.8 Å². The zero-order chi connectivity index (χ0) is 12.0. The molecular weight excluding hydrogens is 272 g/mol. The highest BCUT2D eigenvalue weighted by Crippen LogP contribution is 2.34. The molecule has 92 valence electrons. The molecule has 1 saturated carbocycles. The Bertz CT molecular complexity index is 255. The molecule has 0 bridgehead atoms. The van der Waals surface area contributed by atoms with Gasteiger partial charge in [0.15, 0.2) is 5.78 Å². The zero-order valence-electron chi connectivity index (χ0n) is 9.76. The van der Waals surface area contributed by atoms with Gasteiger partial charge in [-0.05, 0) is 19.8 Å². The Hall–Kier alpha value is -0.380. The first kappa shape index (κ1) is 13.7. The first-order valence-corrected chi connectivity index (χ1v) is 7.06. The lowest BCUT2D eigenvalue weighted by molar-refractivity contribution is -0.159. The first-order chi connectivity index (χ1) is 7.67. The molecule has 3 nitrogen and oxygen atoms in total. The second kappa shape index (κ2) is 6.38. The van der Waals surface area contributed by atoms with E-state index in [2.05, 4.69) is 15.9 Å². The van der Waals surface area contributed by atoms with Crippen molar-refractivity contribution in [2.75, 3.05) is 11.9 Å². The van der Waals surface area contributed by atoms with Crippen molar-refractivity contribution in [3.63, 3.8) is 0 Å². The van der Waals surface area contributed by atoms with Gasteiger partial charge >= 0.3 is 5.97 Å². The van der Waals surface area contributed by atoms with Gasteiger partial charge in [-0.1, -0.05) is 35.2 Å². The summed E-state index contributed by atoms with van der Waals surface area (Å²) in [4.78, 5) is 24.1. The monoisotopic (exact) mass is 290 g/mol. The predicted molar refractivity (Wildman–Crippen MR) is 65.6 cm³/mol. The molecular formula is C12H19BrO3. The molecule has 1 aliphatic rings. The van der Waals surface area contributed by atoms with Crippen molar-refractivity contribution in [2.24, 2.45) is 5.41 Å². The largest absolute Gasteiger partial charge is 0.465 e. The van der Waals surface area contributed by atoms with Gasteiger partial charge in [0.1, 0.15) is 5.41 Å². The summed E-state index contributed by atoms with van der Waals surface area (Å²) in [7, 11) is 0. The minimum Gasteiger partial charge on any atom is -0.465 e. The highest BCUT2D eigenvalue weighted by molar-refractivity contribution is 9.09. The van der Waals surface area contributed by atoms with E-state index >= 15 is 0 Å². The normalized spacial score (nSPS) is 27.0. The van der Waals surface area contributed by atoms with Crippen LogP contribution in [-0.4, -0.2) is 23.7 Å². The van der Waals surface area contributed by atoms with E-state index in [4.69, 9.17) is 4.74 Å². The maximum Gasteiger partial charge on any atom is 0.320 e. The van der Waals surface area contributed by atoms with E-state index in [1.165, 1.54) is 0 Å². The molecule has 0 aromatic carbocycles. The molecule has 1 aliphatic carbocycles. The van der Waals surface area contributed by atoms with Crippen LogP contribution in [0.4, 0.5) is 0 Å². The third-order valence-electron chi connectivity index (χ3n) is 3.19. The van der Waals surface area contributed by atoms with Gasteiger partial charge in [0.05, 0.1) is 6.61 Å². The quantitative estimate of drug-likeness (QED) is 0.456. The van der Waals surface area contributed by atoms with Crippen LogP contribution in [0.5, 0.6) is 0 Å². The van der Waals surface area contributed by atoms with Gasteiger partial charge < -0.3 is 4.74 Å². The van der Waals surface area contributed by atoms with Crippen molar-refractivity contribution in [1.82, 2.24) is 0 Å². The summed E-state index contributed by atoms with van der Waals surface area (Å²) in [5.74, 6) is -0.304. The topological polar surface area (TPSA) is 43.4 Å². The molecule has 0 aromatic heterocycles. The van der Waals surface area contributed by atoms with Gasteiger partial charge in [0, 0.05) is 11.8 Å². The van der Waals surface area contributed by atoms with Gasteiger partial charge in [-0.2, -0.15) is 0 Å². The van der Waals surface area contributed by atoms with Crippen molar-refractivity contribution in [1.29, 1.82) is 0 Å². The van der Waals surface area contributed by atoms with Crippen LogP contribution in [0.2, 0.25) is 0 Å². The number of ketones is 1. The number of esters is 1. The molecule has 0 aromatic rings. The lowest BCUT2D eigenvalue weighted by atomic mass is 9.77. The van der Waals surface area contributed by atoms with Gasteiger partial charge in [-0.25, -0.2) is 0 Å². The molecule has 0 N–H and O–H groups in total. The van der Waals surface area contributed by atoms with E-state index in [1.807, 2.05) is 0 Å². The van der Waals surface area contributed by atoms with Crippen LogP contribution in [0.15, 0.2) is 0 Å². The molecule has 4 heteroatoms. The molecule has 16 heavy (non-hydrogen) atoms. The van der Waals surface area contributed by atoms with Crippen molar-refractivity contribution in [2.45, 2.75) is 45.4 Å². The summed E-state index contributed by atoms with van der Waals surface area (Å²) in [6.45, 7) is 2.11. The number of rotatable bonds is 3. The molecule has 1 fully saturated rings. The molecule has 0 heterocycles. The maximum atomic E-state index is 12.1. The second-order valence-corrected chi connectivity index (χ2v) is 4.83. The fourth-order valence-corrected chi connectivity index (χ4v) is 2.95. The number of carbonyl (C=O) groups excluding carboxylic acids is 2. The fraction of sp³-hybridized carbons (Fsp3) is 0.833. The molecule has 0 radical (unpaired) electrons. The smallest absolute Gasteiger partial charge is 0.320 e. The van der Waals surface area contributed by atoms with Crippen LogP contribution < -0.4 is 0 Å². The molecule has 0 spiro atoms. The zero-order valence-corrected chi connectivity index (χ0v) is 11.3. The highest BCUT2D eigenvalue weighted by Gasteiger charge is 2.45. The minimum absolute atomic E-state index is 0.0440. The van der Waals surface area contributed by atoms with Crippen LogP contribution in [0, 0.1) is 5.41 Å². The Morgan fingerprint density at radius 3 is 2.69 bits per heavy atom. The lowest BCUT2D eigenvalue weighted by Gasteiger charge is -2.29. The molecule has 1 atom stereocenters. The summed E-state index contributed by atoms with van der Waals surface area (Å²) < 4.78 is 5.05. The Morgan fingerprint density at radius 1 is 1.38 bits per heavy atom. The Balaban J connectivity index is 2.86. The van der Waals surface area contributed by atoms with Crippen molar-refractivity contribution in [3.8, 4) is 0 Å². The van der Waals surface area contributed by atoms with E-state index < -0.39 is 5.41 Å². The Kier molecular flexibility index (Phi) is 5.46. The van der Waals surface area contributed by atoms with E-state index in [1.54, 1.807) is 6.92 Å². The molecule has 0 saturated heterocycles. The van der Waals surface area contributed by atoms with Crippen molar-refractivity contribution >= 4 is 27.7 Å². The molecule has 1 rings (SSSR count). The van der Waals surface area contributed by atoms with Gasteiger partial charge in [0.25, 0.3) is 0 Å². The van der Waals surface area contributed by atoms with Gasteiger partial charge in [-0.3, -0.25) is 9.59 Å². The highest BCUT2D eigenvalue weighted by atomic mass is 79.9. The standard InChI is InChI=1S/C12H19BrO3/c1-2-16-11(15)12(9-13)8-6-4-3-5-7-10(12)14/h2-9H2,1H3. The van der Waals surface area contributed by atoms with Crippen LogP contribution in [-0.2, 0) is 14.3 Å². The Labute approximate surface area is 105 Å². The van der Waals surface area contributed by atoms with Crippen LogP contribution in [0.1, 0.15) is 45.4 Å². The summed E-state index contributed by atoms with van der Waals surface area (Å²) in [6.07, 6.45) is 5.14. The van der Waals surface area contributed by atoms with Crippen LogP contribution >= 0.6 is 15.9 Å². The number of hydrogen-bond donors (Lipinski definition) is 0. The third kappa shape index (κ3) is 2.84. The lowest BCUT2D eigenvalue weighted by Crippen LogP contribution is -2.43. The van der Waals surface area contributed by atoms with E-state index in [0.717, 1.165) is 25.7 Å². The third-order valence-corrected chi connectivity index (χ3v) is 4.14. The summed E-state index contributed by atoms with van der Waals surface area (Å²) in [5, 5.41) is 0.387. The fourth-order valence-electron chi connectivity index (χ4n) is 2.13. The van der Waals surface area contributed by atoms with E-state index in [0.29, 0.717) is 24.8 Å². The predicted octanol–water partition coefficient (Wildman–Crippen LogP) is 2.85. The number of ether oxygens (including phenoxy) is 1.